The first kappa shape index (κ1) is 16.9. The predicted molar refractivity (Wildman–Crippen MR) is 80.3 cm³/mol. The van der Waals surface area contributed by atoms with Gasteiger partial charge in [-0.2, -0.15) is 13.2 Å². The van der Waals surface area contributed by atoms with Crippen LogP contribution >= 0.6 is 0 Å². The van der Waals surface area contributed by atoms with Gasteiger partial charge < -0.3 is 14.5 Å². The number of carbonyl (C=O) groups is 1. The molecule has 124 valence electrons. The van der Waals surface area contributed by atoms with Crippen LogP contribution in [0.5, 0.6) is 5.75 Å². The van der Waals surface area contributed by atoms with Crippen molar-refractivity contribution in [1.82, 2.24) is 4.98 Å². The summed E-state index contributed by atoms with van der Waals surface area (Å²) in [5.41, 5.74) is -0.300. The van der Waals surface area contributed by atoms with E-state index in [1.54, 1.807) is 12.1 Å². The van der Waals surface area contributed by atoms with Gasteiger partial charge in [-0.1, -0.05) is 0 Å². The maximum Gasteiger partial charge on any atom is 0.417 e. The molecule has 0 radical (unpaired) electrons. The fourth-order valence-electron chi connectivity index (χ4n) is 2.38. The molecule has 0 saturated heterocycles. The fraction of sp³-hybridized carbons (Fsp3) is 0.312. The summed E-state index contributed by atoms with van der Waals surface area (Å²) < 4.78 is 50.0. The number of aromatic nitrogens is 1. The lowest BCUT2D eigenvalue weighted by Crippen LogP contribution is -2.14. The first-order valence-electron chi connectivity index (χ1n) is 6.90. The Morgan fingerprint density at radius 1 is 1.35 bits per heavy atom. The van der Waals surface area contributed by atoms with Crippen molar-refractivity contribution in [3.05, 3.63) is 35.5 Å². The number of halogens is 3. The first-order chi connectivity index (χ1) is 10.8. The van der Waals surface area contributed by atoms with E-state index in [1.807, 2.05) is 0 Å². The van der Waals surface area contributed by atoms with E-state index in [0.29, 0.717) is 28.4 Å². The number of hydrogen-bond acceptors (Lipinski definition) is 3. The number of carbonyl (C=O) groups excluding carboxylic acids is 1. The van der Waals surface area contributed by atoms with Crippen molar-refractivity contribution >= 4 is 22.4 Å². The highest BCUT2D eigenvalue weighted by Gasteiger charge is 2.38. The molecule has 4 nitrogen and oxygen atoms in total. The normalized spacial score (nSPS) is 12.5. The summed E-state index contributed by atoms with van der Waals surface area (Å²) in [7, 11) is 1.43. The molecule has 0 atom stereocenters. The van der Waals surface area contributed by atoms with Crippen LogP contribution in [-0.2, 0) is 9.53 Å². The maximum absolute atomic E-state index is 13.5. The quantitative estimate of drug-likeness (QED) is 0.682. The third-order valence-corrected chi connectivity index (χ3v) is 3.32. The SMILES string of the molecule is CCOC(=O)C=C(c1c(C)[nH]c2ccc(OC)cc12)C(F)(F)F. The van der Waals surface area contributed by atoms with Crippen molar-refractivity contribution in [3.8, 4) is 5.75 Å². The number of methoxy groups -OCH3 is 1. The van der Waals surface area contributed by atoms with E-state index < -0.39 is 17.7 Å². The zero-order valence-corrected chi connectivity index (χ0v) is 12.9. The Bertz CT molecular complexity index is 760. The molecule has 0 aliphatic carbocycles. The molecule has 0 amide bonds. The molecule has 0 saturated carbocycles. The second-order valence-corrected chi connectivity index (χ2v) is 4.84. The topological polar surface area (TPSA) is 51.3 Å². The van der Waals surface area contributed by atoms with Gasteiger partial charge in [-0.05, 0) is 32.0 Å². The van der Waals surface area contributed by atoms with Crippen LogP contribution in [0.3, 0.4) is 0 Å². The monoisotopic (exact) mass is 327 g/mol. The van der Waals surface area contributed by atoms with Crippen LogP contribution in [0.2, 0.25) is 0 Å². The lowest BCUT2D eigenvalue weighted by molar-refractivity contribution is -0.137. The lowest BCUT2D eigenvalue weighted by atomic mass is 10.0. The van der Waals surface area contributed by atoms with Crippen LogP contribution in [0, 0.1) is 6.92 Å². The van der Waals surface area contributed by atoms with Gasteiger partial charge in [0.15, 0.2) is 0 Å². The zero-order valence-electron chi connectivity index (χ0n) is 12.9. The van der Waals surface area contributed by atoms with Crippen LogP contribution in [0.15, 0.2) is 24.3 Å². The van der Waals surface area contributed by atoms with Crippen LogP contribution in [0.4, 0.5) is 13.2 Å². The van der Waals surface area contributed by atoms with Crippen molar-refractivity contribution in [2.75, 3.05) is 13.7 Å². The third kappa shape index (κ3) is 3.49. The molecular weight excluding hydrogens is 311 g/mol. The molecule has 0 fully saturated rings. The number of esters is 1. The number of H-pyrrole nitrogens is 1. The van der Waals surface area contributed by atoms with Gasteiger partial charge in [-0.3, -0.25) is 0 Å². The molecule has 0 spiro atoms. The van der Waals surface area contributed by atoms with Crippen LogP contribution in [0.25, 0.3) is 16.5 Å². The summed E-state index contributed by atoms with van der Waals surface area (Å²) in [5, 5.41) is 0.328. The van der Waals surface area contributed by atoms with Crippen molar-refractivity contribution in [3.63, 3.8) is 0 Å². The van der Waals surface area contributed by atoms with Crippen molar-refractivity contribution < 1.29 is 27.4 Å². The molecule has 0 unspecified atom stereocenters. The van der Waals surface area contributed by atoms with Crippen LogP contribution in [0.1, 0.15) is 18.2 Å². The van der Waals surface area contributed by atoms with Crippen molar-refractivity contribution in [2.24, 2.45) is 0 Å². The molecule has 1 N–H and O–H groups in total. The number of nitrogens with one attached hydrogen (secondary N) is 1. The van der Waals surface area contributed by atoms with E-state index in [2.05, 4.69) is 9.72 Å². The van der Waals surface area contributed by atoms with Gasteiger partial charge in [-0.15, -0.1) is 0 Å². The minimum atomic E-state index is -4.70. The Morgan fingerprint density at radius 2 is 2.04 bits per heavy atom. The summed E-state index contributed by atoms with van der Waals surface area (Å²) in [6.07, 6.45) is -4.21. The molecule has 2 rings (SSSR count). The molecular formula is C16H16F3NO3. The van der Waals surface area contributed by atoms with E-state index in [-0.39, 0.29) is 12.2 Å². The summed E-state index contributed by atoms with van der Waals surface area (Å²) in [5.74, 6) is -0.605. The standard InChI is InChI=1S/C16H16F3NO3/c1-4-23-14(21)8-12(16(17,18)19)15-9(2)20-13-6-5-10(22-3)7-11(13)15/h5-8,20H,4H2,1-3H3. The number of rotatable bonds is 4. The largest absolute Gasteiger partial charge is 0.497 e. The Labute approximate surface area is 130 Å². The van der Waals surface area contributed by atoms with E-state index in [9.17, 15) is 18.0 Å². The summed E-state index contributed by atoms with van der Waals surface area (Å²) in [4.78, 5) is 14.4. The van der Waals surface area contributed by atoms with Gasteiger partial charge in [0, 0.05) is 28.2 Å². The molecule has 0 aliphatic rings. The highest BCUT2D eigenvalue weighted by Crippen LogP contribution is 2.40. The minimum Gasteiger partial charge on any atom is -0.497 e. The average Bonchev–Trinajstić information content (AvgIpc) is 2.78. The average molecular weight is 327 g/mol. The van der Waals surface area contributed by atoms with Gasteiger partial charge in [0.1, 0.15) is 5.75 Å². The number of fused-ring (bicyclic) bond motifs is 1. The van der Waals surface area contributed by atoms with E-state index in [1.165, 1.54) is 27.0 Å². The molecule has 0 bridgehead atoms. The first-order valence-corrected chi connectivity index (χ1v) is 6.90. The van der Waals surface area contributed by atoms with E-state index in [0.717, 1.165) is 0 Å². The summed E-state index contributed by atoms with van der Waals surface area (Å²) in [6.45, 7) is 3.05. The Kier molecular flexibility index (Phi) is 4.68. The number of allylic oxidation sites excluding steroid dienone is 1. The van der Waals surface area contributed by atoms with E-state index in [4.69, 9.17) is 4.74 Å². The summed E-state index contributed by atoms with van der Waals surface area (Å²) in [6, 6.07) is 4.77. The molecule has 0 aliphatic heterocycles. The smallest absolute Gasteiger partial charge is 0.417 e. The number of ether oxygens (including phenoxy) is 2. The van der Waals surface area contributed by atoms with Crippen molar-refractivity contribution in [1.29, 1.82) is 0 Å². The van der Waals surface area contributed by atoms with Gasteiger partial charge in [0.05, 0.1) is 19.3 Å². The maximum atomic E-state index is 13.5. The van der Waals surface area contributed by atoms with Crippen LogP contribution in [-0.4, -0.2) is 30.8 Å². The molecule has 1 heterocycles. The van der Waals surface area contributed by atoms with Gasteiger partial charge in [0.2, 0.25) is 0 Å². The Hall–Kier alpha value is -2.44. The van der Waals surface area contributed by atoms with Crippen LogP contribution < -0.4 is 4.74 Å². The molecule has 1 aromatic carbocycles. The third-order valence-electron chi connectivity index (χ3n) is 3.32. The number of aromatic amines is 1. The molecule has 23 heavy (non-hydrogen) atoms. The number of hydrogen-bond donors (Lipinski definition) is 1. The van der Waals surface area contributed by atoms with Gasteiger partial charge in [0.25, 0.3) is 0 Å². The van der Waals surface area contributed by atoms with E-state index >= 15 is 0 Å². The van der Waals surface area contributed by atoms with Crippen molar-refractivity contribution in [2.45, 2.75) is 20.0 Å². The fourth-order valence-corrected chi connectivity index (χ4v) is 2.38. The lowest BCUT2D eigenvalue weighted by Gasteiger charge is -2.12. The zero-order chi connectivity index (χ0) is 17.2. The number of alkyl halides is 3. The second kappa shape index (κ2) is 6.36. The molecule has 1 aromatic heterocycles. The Morgan fingerprint density at radius 3 is 2.61 bits per heavy atom. The molecule has 2 aromatic rings. The number of aryl methyl sites for hydroxylation is 1. The summed E-state index contributed by atoms with van der Waals surface area (Å²) >= 11 is 0. The number of benzene rings is 1. The second-order valence-electron chi connectivity index (χ2n) is 4.84. The van der Waals surface area contributed by atoms with Gasteiger partial charge >= 0.3 is 12.1 Å². The molecule has 7 heteroatoms. The minimum absolute atomic E-state index is 0.00115. The highest BCUT2D eigenvalue weighted by molar-refractivity contribution is 6.01. The highest BCUT2D eigenvalue weighted by atomic mass is 19.4. The Balaban J connectivity index is 2.70. The van der Waals surface area contributed by atoms with Gasteiger partial charge in [-0.25, -0.2) is 4.79 Å². The predicted octanol–water partition coefficient (Wildman–Crippen LogP) is 3.99.